The van der Waals surface area contributed by atoms with Gasteiger partial charge in [0.25, 0.3) is 5.56 Å². The molecular formula is C21H29N3O2S2. The van der Waals surface area contributed by atoms with Gasteiger partial charge in [0.2, 0.25) is 5.91 Å². The van der Waals surface area contributed by atoms with Crippen molar-refractivity contribution < 1.29 is 4.79 Å². The Morgan fingerprint density at radius 3 is 3.00 bits per heavy atom. The molecule has 0 radical (unpaired) electrons. The van der Waals surface area contributed by atoms with Gasteiger partial charge in [0, 0.05) is 18.0 Å². The van der Waals surface area contributed by atoms with Crippen molar-refractivity contribution in [3.05, 3.63) is 33.4 Å². The summed E-state index contributed by atoms with van der Waals surface area (Å²) in [4.78, 5) is 32.4. The Balaban J connectivity index is 1.98. The van der Waals surface area contributed by atoms with Crippen LogP contribution >= 0.6 is 23.1 Å². The Kier molecular flexibility index (Phi) is 6.99. The molecule has 0 aromatic carbocycles. The fourth-order valence-electron chi connectivity index (χ4n) is 3.47. The Hall–Kier alpha value is -1.60. The molecule has 1 aliphatic rings. The quantitative estimate of drug-likeness (QED) is 0.399. The number of nitrogens with one attached hydrogen (secondary N) is 1. The first-order valence-electron chi connectivity index (χ1n) is 9.96. The van der Waals surface area contributed by atoms with Crippen LogP contribution in [0.15, 0.2) is 22.6 Å². The van der Waals surface area contributed by atoms with E-state index in [9.17, 15) is 9.59 Å². The van der Waals surface area contributed by atoms with Gasteiger partial charge in [-0.1, -0.05) is 38.6 Å². The smallest absolute Gasteiger partial charge is 0.263 e. The molecule has 0 spiro atoms. The van der Waals surface area contributed by atoms with E-state index in [0.717, 1.165) is 35.9 Å². The number of carbonyl (C=O) groups is 1. The second-order valence-electron chi connectivity index (χ2n) is 7.95. The minimum absolute atomic E-state index is 0.0618. The molecule has 0 saturated heterocycles. The van der Waals surface area contributed by atoms with Gasteiger partial charge in [-0.3, -0.25) is 14.2 Å². The minimum atomic E-state index is -0.0750. The van der Waals surface area contributed by atoms with Crippen molar-refractivity contribution in [1.29, 1.82) is 0 Å². The van der Waals surface area contributed by atoms with Crippen LogP contribution in [0.5, 0.6) is 0 Å². The topological polar surface area (TPSA) is 64.0 Å². The van der Waals surface area contributed by atoms with Crippen LogP contribution in [0.4, 0.5) is 0 Å². The molecule has 152 valence electrons. The molecule has 0 fully saturated rings. The van der Waals surface area contributed by atoms with Crippen LogP contribution in [0.3, 0.4) is 0 Å². The molecule has 1 aliphatic carbocycles. The maximum absolute atomic E-state index is 13.4. The van der Waals surface area contributed by atoms with Gasteiger partial charge in [-0.15, -0.1) is 17.9 Å². The van der Waals surface area contributed by atoms with E-state index in [0.29, 0.717) is 30.1 Å². The highest BCUT2D eigenvalue weighted by Crippen LogP contribution is 2.36. The molecule has 28 heavy (non-hydrogen) atoms. The van der Waals surface area contributed by atoms with Gasteiger partial charge in [-0.2, -0.15) is 0 Å². The van der Waals surface area contributed by atoms with Crippen molar-refractivity contribution in [2.75, 3.05) is 12.3 Å². The second kappa shape index (κ2) is 9.27. The lowest BCUT2D eigenvalue weighted by Crippen LogP contribution is -2.27. The highest BCUT2D eigenvalue weighted by atomic mass is 32.2. The highest BCUT2D eigenvalue weighted by Gasteiger charge is 2.25. The molecule has 0 saturated carbocycles. The number of aromatic nitrogens is 2. The van der Waals surface area contributed by atoms with E-state index in [1.165, 1.54) is 22.2 Å². The Bertz CT molecular complexity index is 930. The maximum atomic E-state index is 13.4. The monoisotopic (exact) mass is 419 g/mol. The summed E-state index contributed by atoms with van der Waals surface area (Å²) < 4.78 is 1.79. The lowest BCUT2D eigenvalue weighted by Gasteiger charge is -2.18. The molecule has 2 heterocycles. The molecule has 1 atom stereocenters. The standard InChI is InChI=1S/C21H29N3O2S2/c1-5-9-22-17(25)12-27-21-23-19-18(20(26)24(21)10-8-13(2)3)15-7-6-14(4)11-16(15)28-19/h5,13-14H,1,6-12H2,2-4H3,(H,22,25). The summed E-state index contributed by atoms with van der Waals surface area (Å²) in [5, 5.41) is 4.25. The van der Waals surface area contributed by atoms with Crippen molar-refractivity contribution in [2.24, 2.45) is 11.8 Å². The number of thiophene rings is 1. The minimum Gasteiger partial charge on any atom is -0.352 e. The van der Waals surface area contributed by atoms with Gasteiger partial charge < -0.3 is 5.32 Å². The number of thioether (sulfide) groups is 1. The molecule has 1 unspecified atom stereocenters. The molecule has 0 bridgehead atoms. The normalized spacial score (nSPS) is 16.4. The zero-order valence-corrected chi connectivity index (χ0v) is 18.5. The summed E-state index contributed by atoms with van der Waals surface area (Å²) in [6, 6.07) is 0. The summed E-state index contributed by atoms with van der Waals surface area (Å²) in [5.41, 5.74) is 1.28. The number of rotatable bonds is 8. The third kappa shape index (κ3) is 4.69. The van der Waals surface area contributed by atoms with Crippen LogP contribution in [0.1, 0.15) is 44.1 Å². The average molecular weight is 420 g/mol. The van der Waals surface area contributed by atoms with E-state index in [1.807, 2.05) is 0 Å². The fraction of sp³-hybridized carbons (Fsp3) is 0.571. The predicted molar refractivity (Wildman–Crippen MR) is 118 cm³/mol. The Morgan fingerprint density at radius 2 is 2.29 bits per heavy atom. The Labute approximate surface area is 174 Å². The van der Waals surface area contributed by atoms with Crippen molar-refractivity contribution in [3.8, 4) is 0 Å². The molecular weight excluding hydrogens is 390 g/mol. The van der Waals surface area contributed by atoms with Crippen molar-refractivity contribution in [2.45, 2.75) is 58.2 Å². The number of nitrogens with zero attached hydrogens (tertiary/aromatic N) is 2. The largest absolute Gasteiger partial charge is 0.352 e. The number of carbonyl (C=O) groups excluding carboxylic acids is 1. The number of fused-ring (bicyclic) bond motifs is 3. The van der Waals surface area contributed by atoms with E-state index in [4.69, 9.17) is 4.98 Å². The van der Waals surface area contributed by atoms with E-state index < -0.39 is 0 Å². The number of aryl methyl sites for hydroxylation is 1. The van der Waals surface area contributed by atoms with Gasteiger partial charge >= 0.3 is 0 Å². The zero-order valence-electron chi connectivity index (χ0n) is 16.9. The summed E-state index contributed by atoms with van der Waals surface area (Å²) in [5.74, 6) is 1.32. The van der Waals surface area contributed by atoms with E-state index >= 15 is 0 Å². The lowest BCUT2D eigenvalue weighted by molar-refractivity contribution is -0.118. The molecule has 1 amide bonds. The number of hydrogen-bond donors (Lipinski definition) is 1. The van der Waals surface area contributed by atoms with Gasteiger partial charge in [-0.05, 0) is 43.1 Å². The van der Waals surface area contributed by atoms with Gasteiger partial charge in [0.1, 0.15) is 4.83 Å². The first-order valence-corrected chi connectivity index (χ1v) is 11.8. The van der Waals surface area contributed by atoms with Crippen molar-refractivity contribution in [1.82, 2.24) is 14.9 Å². The van der Waals surface area contributed by atoms with Crippen LogP contribution in [0.2, 0.25) is 0 Å². The van der Waals surface area contributed by atoms with Crippen LogP contribution in [0, 0.1) is 11.8 Å². The molecule has 7 heteroatoms. The first kappa shape index (κ1) is 21.1. The lowest BCUT2D eigenvalue weighted by atomic mass is 9.89. The zero-order chi connectivity index (χ0) is 20.3. The van der Waals surface area contributed by atoms with E-state index in [2.05, 4.69) is 32.7 Å². The van der Waals surface area contributed by atoms with Crippen LogP contribution < -0.4 is 10.9 Å². The summed E-state index contributed by atoms with van der Waals surface area (Å²) in [7, 11) is 0. The third-order valence-corrected chi connectivity index (χ3v) is 7.21. The third-order valence-electron chi connectivity index (χ3n) is 5.09. The molecule has 3 rings (SSSR count). The van der Waals surface area contributed by atoms with Gasteiger partial charge in [0.15, 0.2) is 5.16 Å². The van der Waals surface area contributed by atoms with E-state index in [1.54, 1.807) is 22.0 Å². The highest BCUT2D eigenvalue weighted by molar-refractivity contribution is 7.99. The molecule has 5 nitrogen and oxygen atoms in total. The molecule has 1 N–H and O–H groups in total. The average Bonchev–Trinajstić information content (AvgIpc) is 3.01. The number of amides is 1. The van der Waals surface area contributed by atoms with E-state index in [-0.39, 0.29) is 17.2 Å². The first-order chi connectivity index (χ1) is 13.4. The molecule has 0 aliphatic heterocycles. The fourth-order valence-corrected chi connectivity index (χ4v) is 5.75. The second-order valence-corrected chi connectivity index (χ2v) is 9.97. The van der Waals surface area contributed by atoms with Crippen LogP contribution in [-0.4, -0.2) is 27.8 Å². The summed E-state index contributed by atoms with van der Waals surface area (Å²) >= 11 is 3.01. The maximum Gasteiger partial charge on any atom is 0.263 e. The summed E-state index contributed by atoms with van der Waals surface area (Å²) in [6.07, 6.45) is 5.70. The van der Waals surface area contributed by atoms with Crippen molar-refractivity contribution >= 4 is 39.2 Å². The van der Waals surface area contributed by atoms with Gasteiger partial charge in [0.05, 0.1) is 11.1 Å². The van der Waals surface area contributed by atoms with Crippen LogP contribution in [-0.2, 0) is 24.2 Å². The molecule has 2 aromatic rings. The summed E-state index contributed by atoms with van der Waals surface area (Å²) in [6.45, 7) is 11.3. The van der Waals surface area contributed by atoms with Crippen molar-refractivity contribution in [3.63, 3.8) is 0 Å². The Morgan fingerprint density at radius 1 is 1.50 bits per heavy atom. The molecule has 2 aromatic heterocycles. The van der Waals surface area contributed by atoms with Crippen LogP contribution in [0.25, 0.3) is 10.2 Å². The SMILES string of the molecule is C=CCNC(=O)CSc1nc2sc3c(c2c(=O)n1CCC(C)C)CCC(C)C3. The predicted octanol–water partition coefficient (Wildman–Crippen LogP) is 4.02. The number of hydrogen-bond acceptors (Lipinski definition) is 5. The van der Waals surface area contributed by atoms with Gasteiger partial charge in [-0.25, -0.2) is 4.98 Å².